The quantitative estimate of drug-likeness (QED) is 0.748. The summed E-state index contributed by atoms with van der Waals surface area (Å²) in [6.07, 6.45) is 0. The molecule has 0 bridgehead atoms. The maximum atomic E-state index is 11.5. The molecule has 0 aliphatic carbocycles. The lowest BCUT2D eigenvalue weighted by Crippen LogP contribution is -2.14. The fourth-order valence-electron chi connectivity index (χ4n) is 1.84. The Bertz CT molecular complexity index is 786. The molecular weight excluding hydrogens is 264 g/mol. The van der Waals surface area contributed by atoms with E-state index in [4.69, 9.17) is 0 Å². The van der Waals surface area contributed by atoms with Crippen LogP contribution in [-0.2, 0) is 6.54 Å². The number of nitrogens with one attached hydrogen (secondary N) is 2. The Hall–Kier alpha value is -2.22. The minimum Gasteiger partial charge on any atom is -0.363 e. The number of aromatic nitrogens is 5. The highest BCUT2D eigenvalue weighted by Gasteiger charge is 2.07. The van der Waals surface area contributed by atoms with Crippen LogP contribution in [0.5, 0.6) is 0 Å². The molecule has 0 aromatic carbocycles. The van der Waals surface area contributed by atoms with Crippen molar-refractivity contribution in [3.8, 4) is 0 Å². The molecule has 8 heteroatoms. The van der Waals surface area contributed by atoms with Crippen LogP contribution in [0, 0.1) is 13.8 Å². The maximum absolute atomic E-state index is 11.5. The first-order valence-corrected chi connectivity index (χ1v) is 6.61. The van der Waals surface area contributed by atoms with Crippen molar-refractivity contribution in [2.45, 2.75) is 20.4 Å². The van der Waals surface area contributed by atoms with Gasteiger partial charge < -0.3 is 5.32 Å². The van der Waals surface area contributed by atoms with Gasteiger partial charge in [-0.25, -0.2) is 24.3 Å². The second-order valence-corrected chi connectivity index (χ2v) is 5.09. The average molecular weight is 276 g/mol. The fraction of sp³-hybridized carbons (Fsp3) is 0.273. The van der Waals surface area contributed by atoms with E-state index in [1.165, 1.54) is 4.40 Å². The minimum absolute atomic E-state index is 0.276. The molecule has 7 nitrogen and oxygen atoms in total. The molecule has 3 rings (SSSR count). The number of thiazole rings is 1. The van der Waals surface area contributed by atoms with Crippen LogP contribution >= 0.6 is 11.3 Å². The number of aryl methyl sites for hydroxylation is 2. The van der Waals surface area contributed by atoms with Crippen LogP contribution in [0.15, 0.2) is 16.2 Å². The molecule has 0 saturated heterocycles. The molecule has 0 radical (unpaired) electrons. The summed E-state index contributed by atoms with van der Waals surface area (Å²) in [6, 6.07) is 1.73. The number of aromatic amines is 1. The highest BCUT2D eigenvalue weighted by molar-refractivity contribution is 7.09. The lowest BCUT2D eigenvalue weighted by molar-refractivity contribution is 0.930. The zero-order chi connectivity index (χ0) is 13.4. The standard InChI is InChI=1S/C11H12N6OS/c1-6-5-19-10(13-6)4-12-8-3-9-15-16-11(18)17(9)7(2)14-8/h3,5,12H,4H2,1-2H3,(H,16,18). The molecule has 0 amide bonds. The van der Waals surface area contributed by atoms with Crippen molar-refractivity contribution < 1.29 is 0 Å². The van der Waals surface area contributed by atoms with Crippen LogP contribution in [0.4, 0.5) is 5.82 Å². The molecule has 19 heavy (non-hydrogen) atoms. The normalized spacial score (nSPS) is 11.1. The van der Waals surface area contributed by atoms with Gasteiger partial charge in [-0.3, -0.25) is 0 Å². The van der Waals surface area contributed by atoms with E-state index < -0.39 is 0 Å². The molecule has 2 N–H and O–H groups in total. The van der Waals surface area contributed by atoms with E-state index in [2.05, 4.69) is 25.5 Å². The SMILES string of the molecule is Cc1csc(CNc2cc3n[nH]c(=O)n3c(C)n2)n1. The van der Waals surface area contributed by atoms with Crippen molar-refractivity contribution in [2.24, 2.45) is 0 Å². The van der Waals surface area contributed by atoms with Gasteiger partial charge in [-0.1, -0.05) is 0 Å². The van der Waals surface area contributed by atoms with Crippen LogP contribution < -0.4 is 11.0 Å². The second-order valence-electron chi connectivity index (χ2n) is 4.15. The molecule has 3 aromatic rings. The Morgan fingerprint density at radius 2 is 2.26 bits per heavy atom. The highest BCUT2D eigenvalue weighted by atomic mass is 32.1. The Labute approximate surface area is 112 Å². The van der Waals surface area contributed by atoms with Crippen LogP contribution in [0.25, 0.3) is 5.65 Å². The molecule has 0 fully saturated rings. The van der Waals surface area contributed by atoms with Crippen LogP contribution in [0.1, 0.15) is 16.5 Å². The molecule has 3 aromatic heterocycles. The molecule has 0 atom stereocenters. The molecule has 0 unspecified atom stereocenters. The van der Waals surface area contributed by atoms with E-state index in [1.807, 2.05) is 12.3 Å². The molecule has 0 aliphatic heterocycles. The van der Waals surface area contributed by atoms with Crippen molar-refractivity contribution in [2.75, 3.05) is 5.32 Å². The van der Waals surface area contributed by atoms with Gasteiger partial charge in [-0.15, -0.1) is 11.3 Å². The monoisotopic (exact) mass is 276 g/mol. The van der Waals surface area contributed by atoms with Crippen LogP contribution in [0.3, 0.4) is 0 Å². The summed E-state index contributed by atoms with van der Waals surface area (Å²) in [5.41, 5.74) is 1.29. The largest absolute Gasteiger partial charge is 0.363 e. The fourth-order valence-corrected chi connectivity index (χ4v) is 2.55. The second kappa shape index (κ2) is 4.47. The van der Waals surface area contributed by atoms with Gasteiger partial charge in [0.1, 0.15) is 16.6 Å². The van der Waals surface area contributed by atoms with Crippen LogP contribution in [0.2, 0.25) is 0 Å². The van der Waals surface area contributed by atoms with Crippen molar-refractivity contribution in [3.05, 3.63) is 38.5 Å². The predicted molar refractivity (Wildman–Crippen MR) is 72.5 cm³/mol. The number of hydrogen-bond acceptors (Lipinski definition) is 6. The Balaban J connectivity index is 1.87. The number of nitrogens with zero attached hydrogens (tertiary/aromatic N) is 4. The molecule has 98 valence electrons. The number of H-pyrrole nitrogens is 1. The van der Waals surface area contributed by atoms with E-state index in [0.29, 0.717) is 23.8 Å². The third-order valence-corrected chi connectivity index (χ3v) is 3.62. The molecule has 0 saturated carbocycles. The molecule has 0 aliphatic rings. The van der Waals surface area contributed by atoms with Gasteiger partial charge in [0.2, 0.25) is 0 Å². The van der Waals surface area contributed by atoms with Gasteiger partial charge in [0.25, 0.3) is 0 Å². The Kier molecular flexibility index (Phi) is 2.79. The summed E-state index contributed by atoms with van der Waals surface area (Å²) in [5, 5.41) is 12.5. The number of fused-ring (bicyclic) bond motifs is 1. The number of hydrogen-bond donors (Lipinski definition) is 2. The summed E-state index contributed by atoms with van der Waals surface area (Å²) in [7, 11) is 0. The smallest absolute Gasteiger partial charge is 0.349 e. The van der Waals surface area contributed by atoms with Crippen molar-refractivity contribution in [1.29, 1.82) is 0 Å². The number of rotatable bonds is 3. The third kappa shape index (κ3) is 2.22. The number of anilines is 1. The van der Waals surface area contributed by atoms with Gasteiger partial charge >= 0.3 is 5.69 Å². The molecule has 3 heterocycles. The van der Waals surface area contributed by atoms with E-state index in [1.54, 1.807) is 24.3 Å². The first-order chi connectivity index (χ1) is 9.13. The van der Waals surface area contributed by atoms with Crippen molar-refractivity contribution in [3.63, 3.8) is 0 Å². The van der Waals surface area contributed by atoms with Gasteiger partial charge in [-0.2, -0.15) is 5.10 Å². The van der Waals surface area contributed by atoms with Gasteiger partial charge in [0.05, 0.1) is 6.54 Å². The zero-order valence-corrected chi connectivity index (χ0v) is 11.3. The minimum atomic E-state index is -0.276. The molecule has 0 spiro atoms. The average Bonchev–Trinajstić information content (AvgIpc) is 2.94. The first-order valence-electron chi connectivity index (χ1n) is 5.73. The summed E-state index contributed by atoms with van der Waals surface area (Å²) in [6.45, 7) is 4.34. The van der Waals surface area contributed by atoms with Gasteiger partial charge in [0, 0.05) is 17.1 Å². The lowest BCUT2D eigenvalue weighted by atomic mass is 10.5. The highest BCUT2D eigenvalue weighted by Crippen LogP contribution is 2.12. The first kappa shape index (κ1) is 11.8. The van der Waals surface area contributed by atoms with E-state index in [0.717, 1.165) is 10.7 Å². The Morgan fingerprint density at radius 1 is 1.42 bits per heavy atom. The van der Waals surface area contributed by atoms with Crippen molar-refractivity contribution >= 4 is 22.8 Å². The summed E-state index contributed by atoms with van der Waals surface area (Å²) < 4.78 is 1.43. The topological polar surface area (TPSA) is 88.0 Å². The third-order valence-electron chi connectivity index (χ3n) is 2.66. The van der Waals surface area contributed by atoms with Crippen LogP contribution in [-0.4, -0.2) is 24.6 Å². The summed E-state index contributed by atoms with van der Waals surface area (Å²) in [5.74, 6) is 1.27. The Morgan fingerprint density at radius 3 is 3.00 bits per heavy atom. The zero-order valence-electron chi connectivity index (χ0n) is 10.5. The summed E-state index contributed by atoms with van der Waals surface area (Å²) in [4.78, 5) is 20.2. The maximum Gasteiger partial charge on any atom is 0.349 e. The predicted octanol–water partition coefficient (Wildman–Crippen LogP) is 1.10. The van der Waals surface area contributed by atoms with E-state index in [-0.39, 0.29) is 5.69 Å². The van der Waals surface area contributed by atoms with Gasteiger partial charge in [0.15, 0.2) is 5.65 Å². The molecular formula is C11H12N6OS. The van der Waals surface area contributed by atoms with Gasteiger partial charge in [-0.05, 0) is 13.8 Å². The van der Waals surface area contributed by atoms with E-state index >= 15 is 0 Å². The summed E-state index contributed by atoms with van der Waals surface area (Å²) >= 11 is 1.60. The van der Waals surface area contributed by atoms with Crippen molar-refractivity contribution in [1.82, 2.24) is 24.6 Å². The lowest BCUT2D eigenvalue weighted by Gasteiger charge is -2.05. The van der Waals surface area contributed by atoms with E-state index in [9.17, 15) is 4.79 Å².